The number of rotatable bonds is 13. The first-order chi connectivity index (χ1) is 34.3. The second-order valence-electron chi connectivity index (χ2n) is 20.2. The number of cyclic esters (lactones) is 1. The van der Waals surface area contributed by atoms with Crippen molar-refractivity contribution < 1.29 is 38.6 Å². The van der Waals surface area contributed by atoms with Crippen molar-refractivity contribution in [1.82, 2.24) is 40.1 Å². The molecule has 2 aromatic carbocycles. The molecule has 3 aromatic heterocycles. The number of likely N-dealkylation sites (N-methyl/N-ethyl adjacent to an activating group) is 2. The summed E-state index contributed by atoms with van der Waals surface area (Å²) >= 11 is 0. The molecule has 0 spiro atoms. The Kier molecular flexibility index (Phi) is 16.6. The van der Waals surface area contributed by atoms with E-state index >= 15 is 0 Å². The molecular formula is C55H69N9O8. The van der Waals surface area contributed by atoms with Gasteiger partial charge in [0.15, 0.2) is 0 Å². The SMILES string of the molecule is CCn1c(-c2cccnc2[C@H](C)OC)c2c3cc(ccc31)-c1cc(O)cc(c1)C[C@H](NC(=O)[C@H](C(C)C)N(C)C(=O)c1ccc(NC(=O)/C=C/CN(C)C)nc1)C(=O)N1CCC[C@H](N1)C(=O)OCC(C)(C)C2. The van der Waals surface area contributed by atoms with Crippen LogP contribution in [-0.2, 0) is 48.0 Å². The fraction of sp³-hybridized carbons (Fsp3) is 0.436. The van der Waals surface area contributed by atoms with E-state index in [9.17, 15) is 29.1 Å². The van der Waals surface area contributed by atoms with Gasteiger partial charge in [-0.15, -0.1) is 0 Å². The predicted molar refractivity (Wildman–Crippen MR) is 277 cm³/mol. The normalized spacial score (nSPS) is 18.2. The van der Waals surface area contributed by atoms with Crippen LogP contribution in [0.4, 0.5) is 5.82 Å². The number of phenols is 1. The number of aryl methyl sites for hydroxylation is 1. The van der Waals surface area contributed by atoms with E-state index in [2.05, 4.69) is 64.6 Å². The molecule has 5 aromatic rings. The Balaban J connectivity index is 1.25. The smallest absolute Gasteiger partial charge is 0.324 e. The van der Waals surface area contributed by atoms with Gasteiger partial charge in [0.25, 0.3) is 11.8 Å². The molecular weight excluding hydrogens is 915 g/mol. The first kappa shape index (κ1) is 52.9. The summed E-state index contributed by atoms with van der Waals surface area (Å²) in [6.07, 6.45) is 7.35. The number of hydrazine groups is 1. The van der Waals surface area contributed by atoms with Gasteiger partial charge in [-0.2, -0.15) is 0 Å². The Morgan fingerprint density at radius 1 is 1.03 bits per heavy atom. The number of esters is 1. The number of fused-ring (bicyclic) bond motifs is 6. The number of benzene rings is 2. The summed E-state index contributed by atoms with van der Waals surface area (Å²) < 4.78 is 14.2. The lowest BCUT2D eigenvalue weighted by molar-refractivity contribution is -0.155. The van der Waals surface area contributed by atoms with Crippen molar-refractivity contribution >= 4 is 46.3 Å². The number of aromatic hydroxyl groups is 1. The number of carbonyl (C=O) groups excluding carboxylic acids is 5. The molecule has 7 rings (SSSR count). The molecule has 4 amide bonds. The van der Waals surface area contributed by atoms with E-state index in [1.165, 1.54) is 41.4 Å². The Morgan fingerprint density at radius 3 is 2.50 bits per heavy atom. The number of methoxy groups -OCH3 is 1. The zero-order valence-electron chi connectivity index (χ0n) is 43.1. The van der Waals surface area contributed by atoms with Crippen LogP contribution in [-0.4, -0.2) is 130 Å². The zero-order chi connectivity index (χ0) is 52.0. The Morgan fingerprint density at radius 2 is 1.81 bits per heavy atom. The molecule has 0 radical (unpaired) electrons. The number of carbonyl (C=O) groups is 5. The van der Waals surface area contributed by atoms with Gasteiger partial charge in [-0.3, -0.25) is 34.0 Å². The van der Waals surface area contributed by atoms with Crippen molar-refractivity contribution in [3.63, 3.8) is 0 Å². The summed E-state index contributed by atoms with van der Waals surface area (Å²) in [6.45, 7) is 13.4. The highest BCUT2D eigenvalue weighted by atomic mass is 16.5. The minimum atomic E-state index is -1.20. The molecule has 5 heterocycles. The maximum absolute atomic E-state index is 14.8. The van der Waals surface area contributed by atoms with Gasteiger partial charge in [-0.25, -0.2) is 10.4 Å². The average Bonchev–Trinajstić information content (AvgIpc) is 3.65. The lowest BCUT2D eigenvalue weighted by atomic mass is 9.84. The van der Waals surface area contributed by atoms with Gasteiger partial charge in [0.1, 0.15) is 29.7 Å². The summed E-state index contributed by atoms with van der Waals surface area (Å²) in [4.78, 5) is 82.1. The van der Waals surface area contributed by atoms with Crippen LogP contribution in [0.5, 0.6) is 5.75 Å². The lowest BCUT2D eigenvalue weighted by Crippen LogP contribution is -2.62. The molecule has 2 aliphatic heterocycles. The van der Waals surface area contributed by atoms with Crippen LogP contribution in [0.25, 0.3) is 33.3 Å². The van der Waals surface area contributed by atoms with Crippen LogP contribution < -0.4 is 16.1 Å². The molecule has 0 aliphatic carbocycles. The van der Waals surface area contributed by atoms with E-state index in [4.69, 9.17) is 14.5 Å². The number of ether oxygens (including phenoxy) is 2. The topological polar surface area (TPSA) is 201 Å². The van der Waals surface area contributed by atoms with Crippen LogP contribution in [0.1, 0.15) is 87.7 Å². The number of hydrogen-bond donors (Lipinski definition) is 4. The summed E-state index contributed by atoms with van der Waals surface area (Å²) in [7, 11) is 6.96. The maximum atomic E-state index is 14.8. The van der Waals surface area contributed by atoms with Crippen molar-refractivity contribution in [1.29, 1.82) is 0 Å². The van der Waals surface area contributed by atoms with Crippen molar-refractivity contribution in [3.8, 4) is 28.1 Å². The second kappa shape index (κ2) is 22.6. The Bertz CT molecular complexity index is 2840. The van der Waals surface area contributed by atoms with E-state index < -0.39 is 53.1 Å². The number of nitrogens with zero attached hydrogens (tertiary/aromatic N) is 6. The molecule has 72 heavy (non-hydrogen) atoms. The molecule has 17 heteroatoms. The Hall–Kier alpha value is -6.95. The molecule has 382 valence electrons. The van der Waals surface area contributed by atoms with Gasteiger partial charge < -0.3 is 39.6 Å². The highest BCUT2D eigenvalue weighted by Crippen LogP contribution is 2.42. The molecule has 17 nitrogen and oxygen atoms in total. The van der Waals surface area contributed by atoms with Crippen molar-refractivity contribution in [2.24, 2.45) is 11.3 Å². The van der Waals surface area contributed by atoms with E-state index in [0.717, 1.165) is 39.0 Å². The third-order valence-electron chi connectivity index (χ3n) is 13.3. The molecule has 6 bridgehead atoms. The third kappa shape index (κ3) is 12.0. The molecule has 1 fully saturated rings. The van der Waals surface area contributed by atoms with Gasteiger partial charge in [0.2, 0.25) is 11.8 Å². The van der Waals surface area contributed by atoms with Crippen molar-refractivity contribution in [2.75, 3.05) is 53.3 Å². The van der Waals surface area contributed by atoms with Crippen molar-refractivity contribution in [3.05, 3.63) is 108 Å². The van der Waals surface area contributed by atoms with Crippen LogP contribution in [0.2, 0.25) is 0 Å². The predicted octanol–water partition coefficient (Wildman–Crippen LogP) is 6.70. The van der Waals surface area contributed by atoms with E-state index in [0.29, 0.717) is 43.5 Å². The van der Waals surface area contributed by atoms with Crippen LogP contribution in [0.3, 0.4) is 0 Å². The summed E-state index contributed by atoms with van der Waals surface area (Å²) in [5.74, 6) is -2.63. The number of phenolic OH excluding ortho intramolecular Hbond substituents is 1. The molecule has 0 unspecified atom stereocenters. The monoisotopic (exact) mass is 984 g/mol. The van der Waals surface area contributed by atoms with Crippen LogP contribution in [0.15, 0.2) is 85.2 Å². The fourth-order valence-electron chi connectivity index (χ4n) is 9.71. The van der Waals surface area contributed by atoms with Crippen molar-refractivity contribution in [2.45, 2.75) is 98.0 Å². The molecule has 4 N–H and O–H groups in total. The minimum Gasteiger partial charge on any atom is -0.508 e. The van der Waals surface area contributed by atoms with Gasteiger partial charge in [0, 0.05) is 80.6 Å². The highest BCUT2D eigenvalue weighted by Gasteiger charge is 2.38. The van der Waals surface area contributed by atoms with Gasteiger partial charge in [-0.1, -0.05) is 45.9 Å². The summed E-state index contributed by atoms with van der Waals surface area (Å²) in [6, 6.07) is 15.3. The minimum absolute atomic E-state index is 0.0273. The van der Waals surface area contributed by atoms with Gasteiger partial charge >= 0.3 is 5.97 Å². The van der Waals surface area contributed by atoms with E-state index in [1.54, 1.807) is 45.4 Å². The fourth-order valence-corrected chi connectivity index (χ4v) is 9.71. The first-order valence-electron chi connectivity index (χ1n) is 24.7. The standard InChI is InChI=1S/C55H69N9O8/c1-11-63-45-20-18-36-29-41(45)42(50(63)40-15-12-22-56-48(40)34(4)71-10)30-55(5,6)32-72-54(70)43-16-13-24-64(60-43)53(69)44(27-35-25-38(36)28-39(65)26-35)58-51(67)49(33(2)3)62(9)52(68)37-19-21-46(57-31-37)59-47(66)17-14-23-61(7)8/h12,14-15,17-22,25-26,28-29,31,33-34,43-44,49,60,65H,11,13,16,23-24,27,30,32H2,1-10H3,(H,58,67)(H,57,59,66)/b17-14+/t34-,43-,44-,49-/m0/s1. The number of anilines is 1. The maximum Gasteiger partial charge on any atom is 0.324 e. The summed E-state index contributed by atoms with van der Waals surface area (Å²) in [5, 5.41) is 19.4. The molecule has 0 saturated carbocycles. The Labute approximate surface area is 421 Å². The summed E-state index contributed by atoms with van der Waals surface area (Å²) in [5.41, 5.74) is 9.61. The van der Waals surface area contributed by atoms with Gasteiger partial charge in [0.05, 0.1) is 29.7 Å². The average molecular weight is 984 g/mol. The highest BCUT2D eigenvalue weighted by molar-refractivity contribution is 6.00. The zero-order valence-corrected chi connectivity index (χ0v) is 43.1. The van der Waals surface area contributed by atoms with Crippen LogP contribution in [0, 0.1) is 11.3 Å². The second-order valence-corrected chi connectivity index (χ2v) is 20.2. The van der Waals surface area contributed by atoms with Crippen LogP contribution >= 0.6 is 0 Å². The number of aromatic nitrogens is 3. The number of pyridine rings is 2. The molecule has 2 aliphatic rings. The lowest BCUT2D eigenvalue weighted by Gasteiger charge is -2.36. The quantitative estimate of drug-likeness (QED) is 0.0720. The van der Waals surface area contributed by atoms with E-state index in [-0.39, 0.29) is 48.7 Å². The number of amides is 4. The molecule has 4 atom stereocenters. The van der Waals surface area contributed by atoms with Gasteiger partial charge in [-0.05, 0) is 124 Å². The number of nitrogens with one attached hydrogen (secondary N) is 3. The third-order valence-corrected chi connectivity index (χ3v) is 13.3. The molecule has 1 saturated heterocycles. The largest absolute Gasteiger partial charge is 0.508 e. The number of hydrogen-bond acceptors (Lipinski definition) is 12. The van der Waals surface area contributed by atoms with E-state index in [1.807, 2.05) is 44.1 Å². The first-order valence-corrected chi connectivity index (χ1v) is 24.7.